The van der Waals surface area contributed by atoms with Gasteiger partial charge in [0.25, 0.3) is 0 Å². The maximum Gasteiger partial charge on any atom is 0.357 e. The third kappa shape index (κ3) is 2.96. The molecule has 0 aliphatic heterocycles. The van der Waals surface area contributed by atoms with Gasteiger partial charge in [-0.1, -0.05) is 48.5 Å². The molecule has 0 unspecified atom stereocenters. The van der Waals surface area contributed by atoms with E-state index in [-0.39, 0.29) is 19.0 Å². The van der Waals surface area contributed by atoms with Crippen LogP contribution in [-0.2, 0) is 11.3 Å². The standard InChI is InChI=1S/C19H14N2O2.ClH/c22-19(23-12-13-6-2-1-3-7-13)17-10-15-14-8-4-5-9-16(14)21-18(15)11-20-17;/h1-11,21H,12H2;1H. The lowest BCUT2D eigenvalue weighted by atomic mass is 10.1. The molecule has 0 aliphatic carbocycles. The Morgan fingerprint density at radius 2 is 1.71 bits per heavy atom. The van der Waals surface area contributed by atoms with Gasteiger partial charge in [0.1, 0.15) is 12.3 Å². The van der Waals surface area contributed by atoms with Crippen molar-refractivity contribution in [1.29, 1.82) is 0 Å². The first-order valence-electron chi connectivity index (χ1n) is 7.39. The largest absolute Gasteiger partial charge is 0.456 e. The molecule has 0 atom stereocenters. The second-order valence-corrected chi connectivity index (χ2v) is 5.35. The van der Waals surface area contributed by atoms with Crippen molar-refractivity contribution in [2.45, 2.75) is 6.61 Å². The Morgan fingerprint density at radius 3 is 2.54 bits per heavy atom. The minimum absolute atomic E-state index is 0. The third-order valence-corrected chi connectivity index (χ3v) is 3.81. The summed E-state index contributed by atoms with van der Waals surface area (Å²) in [5.41, 5.74) is 3.21. The Hall–Kier alpha value is -2.85. The zero-order valence-electron chi connectivity index (χ0n) is 12.7. The number of halogens is 1. The van der Waals surface area contributed by atoms with E-state index in [2.05, 4.69) is 9.97 Å². The highest BCUT2D eigenvalue weighted by Crippen LogP contribution is 2.25. The average molecular weight is 339 g/mol. The summed E-state index contributed by atoms with van der Waals surface area (Å²) >= 11 is 0. The first kappa shape index (κ1) is 16.0. The molecule has 2 aromatic carbocycles. The van der Waals surface area contributed by atoms with E-state index in [9.17, 15) is 4.79 Å². The van der Waals surface area contributed by atoms with Gasteiger partial charge in [-0.25, -0.2) is 9.78 Å². The second-order valence-electron chi connectivity index (χ2n) is 5.35. The van der Waals surface area contributed by atoms with E-state index in [1.54, 1.807) is 12.3 Å². The van der Waals surface area contributed by atoms with Gasteiger partial charge >= 0.3 is 5.97 Å². The first-order chi connectivity index (χ1) is 11.3. The predicted octanol–water partition coefficient (Wildman–Crippen LogP) is 4.49. The van der Waals surface area contributed by atoms with Gasteiger partial charge in [-0.05, 0) is 17.7 Å². The summed E-state index contributed by atoms with van der Waals surface area (Å²) in [6, 6.07) is 19.4. The molecule has 0 radical (unpaired) electrons. The smallest absolute Gasteiger partial charge is 0.357 e. The molecular weight excluding hydrogens is 324 g/mol. The Balaban J connectivity index is 0.00000169. The molecule has 2 aromatic heterocycles. The molecule has 24 heavy (non-hydrogen) atoms. The lowest BCUT2D eigenvalue weighted by Gasteiger charge is -2.04. The van der Waals surface area contributed by atoms with Crippen LogP contribution in [0.1, 0.15) is 16.1 Å². The van der Waals surface area contributed by atoms with Crippen LogP contribution < -0.4 is 0 Å². The molecule has 0 bridgehead atoms. The van der Waals surface area contributed by atoms with Crippen LogP contribution >= 0.6 is 12.4 Å². The van der Waals surface area contributed by atoms with Gasteiger partial charge in [-0.2, -0.15) is 0 Å². The van der Waals surface area contributed by atoms with E-state index in [1.807, 2.05) is 54.6 Å². The van der Waals surface area contributed by atoms with Crippen LogP contribution in [0, 0.1) is 0 Å². The fourth-order valence-corrected chi connectivity index (χ4v) is 2.66. The number of esters is 1. The number of benzene rings is 2. The predicted molar refractivity (Wildman–Crippen MR) is 96.4 cm³/mol. The van der Waals surface area contributed by atoms with Crippen molar-refractivity contribution in [1.82, 2.24) is 9.97 Å². The minimum atomic E-state index is -0.416. The van der Waals surface area contributed by atoms with Crippen LogP contribution in [0.3, 0.4) is 0 Å². The van der Waals surface area contributed by atoms with Crippen molar-refractivity contribution in [3.63, 3.8) is 0 Å². The number of hydrogen-bond acceptors (Lipinski definition) is 3. The van der Waals surface area contributed by atoms with E-state index in [0.717, 1.165) is 27.4 Å². The highest BCUT2D eigenvalue weighted by molar-refractivity contribution is 6.08. The number of pyridine rings is 1. The number of rotatable bonds is 3. The van der Waals surface area contributed by atoms with Crippen LogP contribution in [0.4, 0.5) is 0 Å². The van der Waals surface area contributed by atoms with E-state index in [0.29, 0.717) is 5.69 Å². The van der Waals surface area contributed by atoms with Crippen molar-refractivity contribution in [3.05, 3.63) is 78.1 Å². The van der Waals surface area contributed by atoms with Gasteiger partial charge < -0.3 is 9.72 Å². The van der Waals surface area contributed by atoms with Crippen LogP contribution in [0.5, 0.6) is 0 Å². The molecule has 5 heteroatoms. The maximum atomic E-state index is 12.2. The number of nitrogens with zero attached hydrogens (tertiary/aromatic N) is 1. The minimum Gasteiger partial charge on any atom is -0.456 e. The van der Waals surface area contributed by atoms with Gasteiger partial charge in [0.05, 0.1) is 11.7 Å². The molecule has 0 fully saturated rings. The molecule has 4 rings (SSSR count). The number of H-pyrrole nitrogens is 1. The normalized spacial score (nSPS) is 10.5. The van der Waals surface area contributed by atoms with Crippen LogP contribution in [0.25, 0.3) is 21.8 Å². The summed E-state index contributed by atoms with van der Waals surface area (Å²) in [5, 5.41) is 2.05. The zero-order valence-corrected chi connectivity index (χ0v) is 13.5. The molecule has 2 heterocycles. The number of aromatic nitrogens is 2. The Labute approximate surface area is 144 Å². The number of aromatic amines is 1. The van der Waals surface area contributed by atoms with Crippen molar-refractivity contribution in [2.75, 3.05) is 0 Å². The number of carbonyl (C=O) groups excluding carboxylic acids is 1. The number of carbonyl (C=O) groups is 1. The summed E-state index contributed by atoms with van der Waals surface area (Å²) in [4.78, 5) is 19.7. The molecule has 0 saturated carbocycles. The van der Waals surface area contributed by atoms with Crippen molar-refractivity contribution in [2.24, 2.45) is 0 Å². The third-order valence-electron chi connectivity index (χ3n) is 3.81. The van der Waals surface area contributed by atoms with Crippen molar-refractivity contribution < 1.29 is 9.53 Å². The second kappa shape index (κ2) is 6.72. The topological polar surface area (TPSA) is 55.0 Å². The molecule has 0 aliphatic rings. The quantitative estimate of drug-likeness (QED) is 0.560. The van der Waals surface area contributed by atoms with E-state index >= 15 is 0 Å². The summed E-state index contributed by atoms with van der Waals surface area (Å²) < 4.78 is 5.34. The number of hydrogen-bond donors (Lipinski definition) is 1. The summed E-state index contributed by atoms with van der Waals surface area (Å²) in [7, 11) is 0. The van der Waals surface area contributed by atoms with Gasteiger partial charge in [0.2, 0.25) is 0 Å². The Kier molecular flexibility index (Phi) is 4.49. The Bertz CT molecular complexity index is 996. The number of fused-ring (bicyclic) bond motifs is 3. The molecule has 0 amide bonds. The van der Waals surface area contributed by atoms with Crippen molar-refractivity contribution in [3.8, 4) is 0 Å². The highest BCUT2D eigenvalue weighted by Gasteiger charge is 2.12. The van der Waals surface area contributed by atoms with Gasteiger partial charge in [0, 0.05) is 16.3 Å². The molecule has 1 N–H and O–H groups in total. The van der Waals surface area contributed by atoms with E-state index in [1.165, 1.54) is 0 Å². The van der Waals surface area contributed by atoms with Gasteiger partial charge in [0.15, 0.2) is 0 Å². The van der Waals surface area contributed by atoms with Crippen molar-refractivity contribution >= 4 is 40.2 Å². The monoisotopic (exact) mass is 338 g/mol. The fourth-order valence-electron chi connectivity index (χ4n) is 2.66. The van der Waals surface area contributed by atoms with Gasteiger partial charge in [-0.15, -0.1) is 12.4 Å². The average Bonchev–Trinajstić information content (AvgIpc) is 2.98. The molecular formula is C19H15ClN2O2. The Morgan fingerprint density at radius 1 is 0.958 bits per heavy atom. The number of ether oxygens (including phenoxy) is 1. The highest BCUT2D eigenvalue weighted by atomic mass is 35.5. The molecule has 4 aromatic rings. The van der Waals surface area contributed by atoms with Crippen LogP contribution in [-0.4, -0.2) is 15.9 Å². The zero-order chi connectivity index (χ0) is 15.6. The fraction of sp³-hybridized carbons (Fsp3) is 0.0526. The molecule has 0 saturated heterocycles. The number of para-hydroxylation sites is 1. The van der Waals surface area contributed by atoms with Gasteiger partial charge in [-0.3, -0.25) is 0 Å². The van der Waals surface area contributed by atoms with Crippen LogP contribution in [0.2, 0.25) is 0 Å². The molecule has 120 valence electrons. The SMILES string of the molecule is Cl.O=C(OCc1ccccc1)c1cc2c(cn1)[nH]c1ccccc12. The summed E-state index contributed by atoms with van der Waals surface area (Å²) in [6.07, 6.45) is 1.68. The lowest BCUT2D eigenvalue weighted by Crippen LogP contribution is -2.07. The first-order valence-corrected chi connectivity index (χ1v) is 7.39. The summed E-state index contributed by atoms with van der Waals surface area (Å²) in [5.74, 6) is -0.416. The van der Waals surface area contributed by atoms with Crippen LogP contribution in [0.15, 0.2) is 66.9 Å². The van der Waals surface area contributed by atoms with E-state index in [4.69, 9.17) is 4.74 Å². The number of nitrogens with one attached hydrogen (secondary N) is 1. The molecule has 4 nitrogen and oxygen atoms in total. The lowest BCUT2D eigenvalue weighted by molar-refractivity contribution is 0.0466. The molecule has 0 spiro atoms. The summed E-state index contributed by atoms with van der Waals surface area (Å²) in [6.45, 7) is 0.243. The maximum absolute atomic E-state index is 12.2. The van der Waals surface area contributed by atoms with E-state index < -0.39 is 5.97 Å².